The molecule has 0 unspecified atom stereocenters. The zero-order valence-corrected chi connectivity index (χ0v) is 13.9. The van der Waals surface area contributed by atoms with Crippen LogP contribution in [0.5, 0.6) is 5.75 Å². The van der Waals surface area contributed by atoms with Crippen LogP contribution in [0.3, 0.4) is 0 Å². The molecule has 0 radical (unpaired) electrons. The summed E-state index contributed by atoms with van der Waals surface area (Å²) in [4.78, 5) is 11.9. The first-order chi connectivity index (χ1) is 11.6. The van der Waals surface area contributed by atoms with Crippen LogP contribution in [0.4, 0.5) is 11.4 Å². The van der Waals surface area contributed by atoms with Gasteiger partial charge in [-0.05, 0) is 55.8 Å². The Hall–Kier alpha value is -3.02. The first-order valence-corrected chi connectivity index (χ1v) is 7.74. The summed E-state index contributed by atoms with van der Waals surface area (Å²) in [6.07, 6.45) is 0. The number of amides is 1. The van der Waals surface area contributed by atoms with Crippen molar-refractivity contribution in [3.8, 4) is 5.75 Å². The van der Waals surface area contributed by atoms with Crippen molar-refractivity contribution in [2.24, 2.45) is 5.10 Å². The van der Waals surface area contributed by atoms with Gasteiger partial charge in [-0.2, -0.15) is 5.10 Å². The summed E-state index contributed by atoms with van der Waals surface area (Å²) in [6.45, 7) is 4.50. The number of hydrogen-bond donors (Lipinski definition) is 3. The predicted octanol–water partition coefficient (Wildman–Crippen LogP) is 2.62. The topological polar surface area (TPSA) is 88.7 Å². The van der Waals surface area contributed by atoms with E-state index in [9.17, 15) is 4.79 Å². The molecule has 0 saturated heterocycles. The van der Waals surface area contributed by atoms with Gasteiger partial charge in [-0.25, -0.2) is 5.43 Å². The number of nitrogens with one attached hydrogen (secondary N) is 2. The largest absolute Gasteiger partial charge is 0.494 e. The van der Waals surface area contributed by atoms with Gasteiger partial charge in [0.05, 0.1) is 18.9 Å². The molecule has 0 aliphatic heterocycles. The summed E-state index contributed by atoms with van der Waals surface area (Å²) in [6, 6.07) is 14.8. The summed E-state index contributed by atoms with van der Waals surface area (Å²) >= 11 is 0. The number of hydrogen-bond acceptors (Lipinski definition) is 5. The molecule has 0 atom stereocenters. The maximum atomic E-state index is 11.9. The van der Waals surface area contributed by atoms with Crippen LogP contribution in [0.1, 0.15) is 19.4 Å². The Labute approximate surface area is 141 Å². The van der Waals surface area contributed by atoms with Gasteiger partial charge in [0.1, 0.15) is 5.75 Å². The maximum Gasteiger partial charge on any atom is 0.259 e. The van der Waals surface area contributed by atoms with E-state index >= 15 is 0 Å². The zero-order valence-electron chi connectivity index (χ0n) is 13.9. The van der Waals surface area contributed by atoms with Crippen molar-refractivity contribution in [1.82, 2.24) is 5.43 Å². The molecule has 1 amide bonds. The van der Waals surface area contributed by atoms with E-state index in [0.29, 0.717) is 18.0 Å². The van der Waals surface area contributed by atoms with Gasteiger partial charge in [-0.15, -0.1) is 0 Å². The Balaban J connectivity index is 1.83. The monoisotopic (exact) mass is 326 g/mol. The Kier molecular flexibility index (Phi) is 6.19. The highest BCUT2D eigenvalue weighted by Crippen LogP contribution is 2.15. The molecule has 24 heavy (non-hydrogen) atoms. The third-order valence-corrected chi connectivity index (χ3v) is 3.27. The van der Waals surface area contributed by atoms with Crippen molar-refractivity contribution in [3.05, 3.63) is 54.1 Å². The van der Waals surface area contributed by atoms with E-state index in [-0.39, 0.29) is 12.5 Å². The van der Waals surface area contributed by atoms with Gasteiger partial charge >= 0.3 is 0 Å². The summed E-state index contributed by atoms with van der Waals surface area (Å²) in [5, 5.41) is 7.12. The smallest absolute Gasteiger partial charge is 0.259 e. The van der Waals surface area contributed by atoms with Gasteiger partial charge in [0.15, 0.2) is 0 Å². The molecule has 4 N–H and O–H groups in total. The number of benzene rings is 2. The minimum atomic E-state index is -0.230. The number of carbonyl (C=O) groups excluding carboxylic acids is 1. The van der Waals surface area contributed by atoms with Crippen LogP contribution in [0.2, 0.25) is 0 Å². The van der Waals surface area contributed by atoms with Crippen molar-refractivity contribution >= 4 is 23.0 Å². The highest BCUT2D eigenvalue weighted by Gasteiger charge is 2.02. The van der Waals surface area contributed by atoms with Gasteiger partial charge in [0.2, 0.25) is 0 Å². The average Bonchev–Trinajstić information content (AvgIpc) is 2.59. The molecule has 2 aromatic rings. The molecular weight excluding hydrogens is 304 g/mol. The highest BCUT2D eigenvalue weighted by atomic mass is 16.5. The second-order valence-corrected chi connectivity index (χ2v) is 5.17. The zero-order chi connectivity index (χ0) is 17.4. The van der Waals surface area contributed by atoms with Crippen LogP contribution in [-0.4, -0.2) is 24.8 Å². The third-order valence-electron chi connectivity index (χ3n) is 3.27. The summed E-state index contributed by atoms with van der Waals surface area (Å²) in [5.74, 6) is 0.571. The lowest BCUT2D eigenvalue weighted by atomic mass is 10.1. The summed E-state index contributed by atoms with van der Waals surface area (Å²) in [5.41, 5.74) is 11.3. The van der Waals surface area contributed by atoms with Gasteiger partial charge in [-0.3, -0.25) is 4.79 Å². The molecule has 0 saturated carbocycles. The molecule has 0 spiro atoms. The molecule has 0 aromatic heterocycles. The number of hydrazone groups is 1. The molecule has 0 aliphatic carbocycles. The molecule has 2 aromatic carbocycles. The van der Waals surface area contributed by atoms with E-state index in [1.54, 1.807) is 6.07 Å². The molecule has 0 aliphatic rings. The highest BCUT2D eigenvalue weighted by molar-refractivity contribution is 6.00. The number of nitrogens with two attached hydrogens (primary N) is 1. The summed E-state index contributed by atoms with van der Waals surface area (Å²) in [7, 11) is 0. The minimum Gasteiger partial charge on any atom is -0.494 e. The van der Waals surface area contributed by atoms with Gasteiger partial charge in [0, 0.05) is 11.4 Å². The van der Waals surface area contributed by atoms with Crippen molar-refractivity contribution in [3.63, 3.8) is 0 Å². The number of nitrogen functional groups attached to an aromatic ring is 1. The Morgan fingerprint density at radius 3 is 2.62 bits per heavy atom. The normalized spacial score (nSPS) is 11.0. The van der Waals surface area contributed by atoms with E-state index in [2.05, 4.69) is 15.8 Å². The van der Waals surface area contributed by atoms with Gasteiger partial charge in [0.25, 0.3) is 5.91 Å². The molecule has 126 valence electrons. The minimum absolute atomic E-state index is 0.127. The standard InChI is InChI=1S/C18H22N4O2/c1-3-24-17-9-7-16(8-10-17)20-12-18(23)22-21-13(2)14-5-4-6-15(19)11-14/h4-11,20H,3,12,19H2,1-2H3,(H,22,23)/b21-13-. The lowest BCUT2D eigenvalue weighted by Gasteiger charge is -2.08. The van der Waals surface area contributed by atoms with Crippen molar-refractivity contribution in [2.75, 3.05) is 24.2 Å². The fourth-order valence-corrected chi connectivity index (χ4v) is 2.03. The van der Waals surface area contributed by atoms with Crippen LogP contribution in [-0.2, 0) is 4.79 Å². The van der Waals surface area contributed by atoms with Gasteiger partial charge < -0.3 is 15.8 Å². The fraction of sp³-hybridized carbons (Fsp3) is 0.222. The Morgan fingerprint density at radius 1 is 1.21 bits per heavy atom. The molecular formula is C18H22N4O2. The van der Waals surface area contributed by atoms with E-state index in [0.717, 1.165) is 17.0 Å². The Morgan fingerprint density at radius 2 is 1.96 bits per heavy atom. The molecule has 0 fully saturated rings. The average molecular weight is 326 g/mol. The van der Waals surface area contributed by atoms with Crippen LogP contribution in [0, 0.1) is 0 Å². The predicted molar refractivity (Wildman–Crippen MR) is 97.3 cm³/mol. The van der Waals surface area contributed by atoms with Gasteiger partial charge in [-0.1, -0.05) is 12.1 Å². The van der Waals surface area contributed by atoms with Crippen LogP contribution in [0.25, 0.3) is 0 Å². The quantitative estimate of drug-likeness (QED) is 0.414. The van der Waals surface area contributed by atoms with E-state index in [1.165, 1.54) is 0 Å². The van der Waals surface area contributed by atoms with Crippen LogP contribution >= 0.6 is 0 Å². The lowest BCUT2D eigenvalue weighted by Crippen LogP contribution is -2.26. The number of ether oxygens (including phenoxy) is 1. The first-order valence-electron chi connectivity index (χ1n) is 7.74. The summed E-state index contributed by atoms with van der Waals surface area (Å²) < 4.78 is 5.37. The number of carbonyl (C=O) groups is 1. The lowest BCUT2D eigenvalue weighted by molar-refractivity contribution is -0.119. The first kappa shape index (κ1) is 17.3. The molecule has 6 heteroatoms. The SMILES string of the molecule is CCOc1ccc(NCC(=O)N/N=C(/C)c2cccc(N)c2)cc1. The van der Waals surface area contributed by atoms with Crippen LogP contribution in [0.15, 0.2) is 53.6 Å². The van der Waals surface area contributed by atoms with Crippen molar-refractivity contribution in [1.29, 1.82) is 0 Å². The van der Waals surface area contributed by atoms with Crippen molar-refractivity contribution < 1.29 is 9.53 Å². The second-order valence-electron chi connectivity index (χ2n) is 5.17. The van der Waals surface area contributed by atoms with E-state index in [1.807, 2.05) is 56.3 Å². The number of anilines is 2. The van der Waals surface area contributed by atoms with E-state index < -0.39 is 0 Å². The number of nitrogens with zero attached hydrogens (tertiary/aromatic N) is 1. The van der Waals surface area contributed by atoms with E-state index in [4.69, 9.17) is 10.5 Å². The Bertz CT molecular complexity index is 711. The van der Waals surface area contributed by atoms with Crippen molar-refractivity contribution in [2.45, 2.75) is 13.8 Å². The molecule has 6 nitrogen and oxygen atoms in total. The fourth-order valence-electron chi connectivity index (χ4n) is 2.03. The third kappa shape index (κ3) is 5.31. The second kappa shape index (κ2) is 8.57. The van der Waals surface area contributed by atoms with Crippen LogP contribution < -0.4 is 21.2 Å². The molecule has 0 bridgehead atoms. The maximum absolute atomic E-state index is 11.9. The number of rotatable bonds is 7. The molecule has 2 rings (SSSR count). The molecule has 0 heterocycles.